The normalized spacial score (nSPS) is 14.6. The second-order valence-electron chi connectivity index (χ2n) is 6.63. The highest BCUT2D eigenvalue weighted by atomic mass is 16.5. The fourth-order valence-corrected chi connectivity index (χ4v) is 3.00. The van der Waals surface area contributed by atoms with E-state index in [9.17, 15) is 10.1 Å². The molecule has 1 aliphatic heterocycles. The first-order valence-corrected chi connectivity index (χ1v) is 9.00. The molecule has 0 saturated carbocycles. The largest absolute Gasteiger partial charge is 0.378 e. The van der Waals surface area contributed by atoms with Gasteiger partial charge in [0.2, 0.25) is 0 Å². The van der Waals surface area contributed by atoms with E-state index in [4.69, 9.17) is 4.74 Å². The molecule has 1 fully saturated rings. The van der Waals surface area contributed by atoms with Crippen molar-refractivity contribution in [3.63, 3.8) is 0 Å². The zero-order valence-electron chi connectivity index (χ0n) is 15.7. The maximum absolute atomic E-state index is 12.5. The van der Waals surface area contributed by atoms with E-state index in [2.05, 4.69) is 10.2 Å². The van der Waals surface area contributed by atoms with Gasteiger partial charge in [0, 0.05) is 24.5 Å². The molecule has 2 aromatic carbocycles. The van der Waals surface area contributed by atoms with Gasteiger partial charge in [-0.05, 0) is 55.3 Å². The molecule has 1 saturated heterocycles. The van der Waals surface area contributed by atoms with E-state index in [0.29, 0.717) is 5.69 Å². The number of carbonyl (C=O) groups is 1. The summed E-state index contributed by atoms with van der Waals surface area (Å²) in [5, 5.41) is 12.2. The predicted octanol–water partition coefficient (Wildman–Crippen LogP) is 3.69. The molecule has 1 amide bonds. The highest BCUT2D eigenvalue weighted by molar-refractivity contribution is 6.09. The van der Waals surface area contributed by atoms with Crippen LogP contribution < -0.4 is 10.2 Å². The van der Waals surface area contributed by atoms with E-state index >= 15 is 0 Å². The molecule has 0 spiro atoms. The van der Waals surface area contributed by atoms with Crippen molar-refractivity contribution >= 4 is 23.4 Å². The monoisotopic (exact) mass is 361 g/mol. The standard InChI is InChI=1S/C22H23N3O2/c1-16-3-4-17(2)18(13-16)14-19(15-23)22(26)24-20-5-7-21(8-6-20)25-9-11-27-12-10-25/h3-8,13-14H,9-12H2,1-2H3,(H,24,26)/b19-14+. The van der Waals surface area contributed by atoms with Crippen molar-refractivity contribution in [1.29, 1.82) is 5.26 Å². The van der Waals surface area contributed by atoms with Gasteiger partial charge in [-0.1, -0.05) is 23.8 Å². The second-order valence-corrected chi connectivity index (χ2v) is 6.63. The summed E-state index contributed by atoms with van der Waals surface area (Å²) in [7, 11) is 0. The minimum Gasteiger partial charge on any atom is -0.378 e. The van der Waals surface area contributed by atoms with Gasteiger partial charge >= 0.3 is 0 Å². The van der Waals surface area contributed by atoms with Crippen molar-refractivity contribution in [3.05, 3.63) is 64.7 Å². The van der Waals surface area contributed by atoms with E-state index in [1.165, 1.54) is 0 Å². The minimum absolute atomic E-state index is 0.0842. The molecule has 5 nitrogen and oxygen atoms in total. The molecule has 1 heterocycles. The van der Waals surface area contributed by atoms with Gasteiger partial charge < -0.3 is 15.0 Å². The Balaban J connectivity index is 1.72. The topological polar surface area (TPSA) is 65.4 Å². The van der Waals surface area contributed by atoms with Gasteiger partial charge in [0.05, 0.1) is 13.2 Å². The van der Waals surface area contributed by atoms with E-state index in [0.717, 1.165) is 48.7 Å². The number of rotatable bonds is 4. The first-order chi connectivity index (χ1) is 13.1. The highest BCUT2D eigenvalue weighted by Gasteiger charge is 2.13. The summed E-state index contributed by atoms with van der Waals surface area (Å²) >= 11 is 0. The van der Waals surface area contributed by atoms with Gasteiger partial charge in [0.15, 0.2) is 0 Å². The van der Waals surface area contributed by atoms with Crippen LogP contribution in [0.15, 0.2) is 48.0 Å². The summed E-state index contributed by atoms with van der Waals surface area (Å²) in [6.07, 6.45) is 1.64. The highest BCUT2D eigenvalue weighted by Crippen LogP contribution is 2.20. The summed E-state index contributed by atoms with van der Waals surface area (Å²) in [6.45, 7) is 7.13. The Kier molecular flexibility index (Phi) is 5.90. The quantitative estimate of drug-likeness (QED) is 0.666. The van der Waals surface area contributed by atoms with E-state index in [1.807, 2.05) is 62.4 Å². The van der Waals surface area contributed by atoms with Crippen LogP contribution in [0.1, 0.15) is 16.7 Å². The molecule has 0 aliphatic carbocycles. The Labute approximate surface area is 159 Å². The van der Waals surface area contributed by atoms with Gasteiger partial charge in [-0.15, -0.1) is 0 Å². The SMILES string of the molecule is Cc1ccc(C)c(/C=C(\C#N)C(=O)Nc2ccc(N3CCOCC3)cc2)c1. The number of ether oxygens (including phenoxy) is 1. The molecule has 0 atom stereocenters. The lowest BCUT2D eigenvalue weighted by atomic mass is 10.0. The van der Waals surface area contributed by atoms with Crippen molar-refractivity contribution in [2.45, 2.75) is 13.8 Å². The summed E-state index contributed by atoms with van der Waals surface area (Å²) in [5.74, 6) is -0.405. The maximum Gasteiger partial charge on any atom is 0.266 e. The number of benzene rings is 2. The first-order valence-electron chi connectivity index (χ1n) is 9.00. The lowest BCUT2D eigenvalue weighted by Crippen LogP contribution is -2.36. The molecule has 0 bridgehead atoms. The van der Waals surface area contributed by atoms with Gasteiger partial charge in [-0.25, -0.2) is 0 Å². The van der Waals surface area contributed by atoms with Gasteiger partial charge in [-0.3, -0.25) is 4.79 Å². The number of nitrogens with zero attached hydrogens (tertiary/aromatic N) is 2. The van der Waals surface area contributed by atoms with Crippen molar-refractivity contribution < 1.29 is 9.53 Å². The molecule has 1 N–H and O–H groups in total. The van der Waals surface area contributed by atoms with E-state index < -0.39 is 5.91 Å². The van der Waals surface area contributed by atoms with Crippen molar-refractivity contribution in [1.82, 2.24) is 0 Å². The number of hydrogen-bond donors (Lipinski definition) is 1. The lowest BCUT2D eigenvalue weighted by Gasteiger charge is -2.28. The molecule has 138 valence electrons. The molecule has 2 aromatic rings. The average molecular weight is 361 g/mol. The van der Waals surface area contributed by atoms with Crippen LogP contribution in [-0.2, 0) is 9.53 Å². The number of anilines is 2. The van der Waals surface area contributed by atoms with Crippen LogP contribution in [0.4, 0.5) is 11.4 Å². The molecule has 1 aliphatic rings. The maximum atomic E-state index is 12.5. The van der Waals surface area contributed by atoms with Gasteiger partial charge in [0.25, 0.3) is 5.91 Å². The molecule has 27 heavy (non-hydrogen) atoms. The van der Waals surface area contributed by atoms with Crippen molar-refractivity contribution in [2.75, 3.05) is 36.5 Å². The van der Waals surface area contributed by atoms with E-state index in [-0.39, 0.29) is 5.57 Å². The van der Waals surface area contributed by atoms with Crippen LogP contribution in [0.5, 0.6) is 0 Å². The molecular formula is C22H23N3O2. The van der Waals surface area contributed by atoms with Crippen LogP contribution >= 0.6 is 0 Å². The number of aryl methyl sites for hydroxylation is 2. The van der Waals surface area contributed by atoms with Gasteiger partial charge in [0.1, 0.15) is 11.6 Å². The predicted molar refractivity (Wildman–Crippen MR) is 108 cm³/mol. The smallest absolute Gasteiger partial charge is 0.266 e. The van der Waals surface area contributed by atoms with Crippen LogP contribution in [0.3, 0.4) is 0 Å². The van der Waals surface area contributed by atoms with Gasteiger partial charge in [-0.2, -0.15) is 5.26 Å². The summed E-state index contributed by atoms with van der Waals surface area (Å²) < 4.78 is 5.37. The Morgan fingerprint density at radius 2 is 1.85 bits per heavy atom. The van der Waals surface area contributed by atoms with E-state index in [1.54, 1.807) is 6.08 Å². The minimum atomic E-state index is -0.405. The fourth-order valence-electron chi connectivity index (χ4n) is 3.00. The number of hydrogen-bond acceptors (Lipinski definition) is 4. The summed E-state index contributed by atoms with van der Waals surface area (Å²) in [5.41, 5.74) is 4.84. The number of morpholine rings is 1. The van der Waals surface area contributed by atoms with Crippen molar-refractivity contribution in [2.24, 2.45) is 0 Å². The molecule has 3 rings (SSSR count). The average Bonchev–Trinajstić information content (AvgIpc) is 2.69. The third-order valence-corrected chi connectivity index (χ3v) is 4.60. The second kappa shape index (κ2) is 8.52. The Morgan fingerprint density at radius 1 is 1.15 bits per heavy atom. The zero-order valence-corrected chi connectivity index (χ0v) is 15.7. The summed E-state index contributed by atoms with van der Waals surface area (Å²) in [6, 6.07) is 15.6. The number of nitrogens with one attached hydrogen (secondary N) is 1. The number of carbonyl (C=O) groups excluding carboxylic acids is 1. The van der Waals surface area contributed by atoms with Crippen LogP contribution in [0.2, 0.25) is 0 Å². The molecule has 0 radical (unpaired) electrons. The fraction of sp³-hybridized carbons (Fsp3) is 0.273. The lowest BCUT2D eigenvalue weighted by molar-refractivity contribution is -0.112. The Hall–Kier alpha value is -3.10. The van der Waals surface area contributed by atoms with Crippen molar-refractivity contribution in [3.8, 4) is 6.07 Å². The van der Waals surface area contributed by atoms with Crippen LogP contribution in [0.25, 0.3) is 6.08 Å². The Bertz CT molecular complexity index is 889. The molecule has 5 heteroatoms. The first kappa shape index (κ1) is 18.7. The van der Waals surface area contributed by atoms with Crippen LogP contribution in [0, 0.1) is 25.2 Å². The Morgan fingerprint density at radius 3 is 2.52 bits per heavy atom. The third kappa shape index (κ3) is 4.75. The molecular weight excluding hydrogens is 338 g/mol. The number of nitriles is 1. The summed E-state index contributed by atoms with van der Waals surface area (Å²) in [4.78, 5) is 14.7. The molecule has 0 aromatic heterocycles. The number of amides is 1. The molecule has 0 unspecified atom stereocenters. The van der Waals surface area contributed by atoms with Crippen LogP contribution in [-0.4, -0.2) is 32.2 Å². The third-order valence-electron chi connectivity index (χ3n) is 4.60. The zero-order chi connectivity index (χ0) is 19.2.